The van der Waals surface area contributed by atoms with Gasteiger partial charge in [-0.1, -0.05) is 44.0 Å². The topological polar surface area (TPSA) is 46.0 Å². The zero-order valence-corrected chi connectivity index (χ0v) is 14.1. The van der Waals surface area contributed by atoms with Crippen molar-refractivity contribution in [3.63, 3.8) is 0 Å². The van der Waals surface area contributed by atoms with E-state index in [1.807, 2.05) is 12.4 Å². The Kier molecular flexibility index (Phi) is 5.06. The Bertz CT molecular complexity index is 611. The van der Waals surface area contributed by atoms with Crippen molar-refractivity contribution in [1.82, 2.24) is 9.97 Å². The van der Waals surface area contributed by atoms with Crippen molar-refractivity contribution in [2.24, 2.45) is 5.92 Å². The maximum atomic E-state index is 9.41. The van der Waals surface area contributed by atoms with E-state index in [1.165, 1.54) is 31.2 Å². The first kappa shape index (κ1) is 16.1. The Morgan fingerprint density at radius 2 is 1.65 bits per heavy atom. The van der Waals surface area contributed by atoms with Gasteiger partial charge in [-0.3, -0.25) is 0 Å². The van der Waals surface area contributed by atoms with Gasteiger partial charge in [-0.05, 0) is 42.7 Å². The lowest BCUT2D eigenvalue weighted by Gasteiger charge is -2.26. The minimum Gasteiger partial charge on any atom is -0.393 e. The van der Waals surface area contributed by atoms with Crippen LogP contribution in [0.4, 0.5) is 0 Å². The van der Waals surface area contributed by atoms with Crippen molar-refractivity contribution in [3.8, 4) is 11.4 Å². The Labute approximate surface area is 138 Å². The molecule has 1 N–H and O–H groups in total. The summed E-state index contributed by atoms with van der Waals surface area (Å²) in [6.45, 7) is 4.14. The lowest BCUT2D eigenvalue weighted by atomic mass is 9.79. The summed E-state index contributed by atoms with van der Waals surface area (Å²) in [4.78, 5) is 8.86. The van der Waals surface area contributed by atoms with Gasteiger partial charge in [0.2, 0.25) is 0 Å². The highest BCUT2D eigenvalue weighted by atomic mass is 16.3. The lowest BCUT2D eigenvalue weighted by Crippen LogP contribution is -2.10. The molecular formula is C20H26N2O. The average Bonchev–Trinajstić information content (AvgIpc) is 2.56. The first-order valence-electron chi connectivity index (χ1n) is 8.71. The van der Waals surface area contributed by atoms with Crippen molar-refractivity contribution in [2.45, 2.75) is 58.0 Å². The molecule has 1 atom stereocenters. The highest BCUT2D eigenvalue weighted by Gasteiger charge is 2.19. The number of rotatable bonds is 4. The first-order valence-corrected chi connectivity index (χ1v) is 8.71. The molecule has 1 aliphatic carbocycles. The van der Waals surface area contributed by atoms with Crippen LogP contribution in [-0.4, -0.2) is 21.2 Å². The van der Waals surface area contributed by atoms with Crippen LogP contribution in [0.25, 0.3) is 11.4 Å². The number of aliphatic hydroxyl groups excluding tert-OH is 1. The lowest BCUT2D eigenvalue weighted by molar-refractivity contribution is 0.195. The second-order valence-electron chi connectivity index (χ2n) is 7.05. The summed E-state index contributed by atoms with van der Waals surface area (Å²) >= 11 is 0. The molecule has 2 aromatic rings. The summed E-state index contributed by atoms with van der Waals surface area (Å²) in [6.07, 6.45) is 9.18. The number of hydrogen-bond donors (Lipinski definition) is 1. The van der Waals surface area contributed by atoms with E-state index < -0.39 is 0 Å². The van der Waals surface area contributed by atoms with Gasteiger partial charge in [0.1, 0.15) is 0 Å². The van der Waals surface area contributed by atoms with Crippen LogP contribution >= 0.6 is 0 Å². The second-order valence-corrected chi connectivity index (χ2v) is 7.05. The highest BCUT2D eigenvalue weighted by Crippen LogP contribution is 2.35. The molecule has 1 saturated carbocycles. The fourth-order valence-corrected chi connectivity index (χ4v) is 3.45. The summed E-state index contributed by atoms with van der Waals surface area (Å²) in [5.41, 5.74) is 3.48. The molecule has 1 unspecified atom stereocenters. The normalized spacial score (nSPS) is 22.7. The Morgan fingerprint density at radius 1 is 1.04 bits per heavy atom. The first-order chi connectivity index (χ1) is 11.1. The minimum atomic E-state index is -0.359. The zero-order chi connectivity index (χ0) is 16.2. The van der Waals surface area contributed by atoms with E-state index in [0.29, 0.717) is 6.42 Å². The zero-order valence-electron chi connectivity index (χ0n) is 14.1. The Balaban J connectivity index is 1.69. The molecule has 0 radical (unpaired) electrons. The van der Waals surface area contributed by atoms with Crippen LogP contribution in [0, 0.1) is 5.92 Å². The van der Waals surface area contributed by atoms with Crippen LogP contribution in [0.1, 0.15) is 56.6 Å². The minimum absolute atomic E-state index is 0.359. The SMILES string of the molecule is CC(O)Cc1cnc(-c2ccc(C3CCC(C)CC3)cc2)nc1. The van der Waals surface area contributed by atoms with Crippen molar-refractivity contribution < 1.29 is 5.11 Å². The van der Waals surface area contributed by atoms with Crippen LogP contribution < -0.4 is 0 Å². The summed E-state index contributed by atoms with van der Waals surface area (Å²) in [5.74, 6) is 2.36. The van der Waals surface area contributed by atoms with E-state index in [4.69, 9.17) is 0 Å². The molecule has 0 amide bonds. The van der Waals surface area contributed by atoms with Crippen molar-refractivity contribution in [2.75, 3.05) is 0 Å². The predicted molar refractivity (Wildman–Crippen MR) is 93.2 cm³/mol. The smallest absolute Gasteiger partial charge is 0.159 e. The number of hydrogen-bond acceptors (Lipinski definition) is 3. The molecule has 1 heterocycles. The van der Waals surface area contributed by atoms with E-state index in [1.54, 1.807) is 6.92 Å². The van der Waals surface area contributed by atoms with Gasteiger partial charge in [-0.25, -0.2) is 9.97 Å². The standard InChI is InChI=1S/C20H26N2O/c1-14-3-5-17(6-4-14)18-7-9-19(10-8-18)20-21-12-16(13-22-20)11-15(2)23/h7-10,12-15,17,23H,3-6,11H2,1-2H3. The van der Waals surface area contributed by atoms with Gasteiger partial charge in [0, 0.05) is 24.4 Å². The molecule has 3 nitrogen and oxygen atoms in total. The van der Waals surface area contributed by atoms with Crippen molar-refractivity contribution in [1.29, 1.82) is 0 Å². The van der Waals surface area contributed by atoms with Gasteiger partial charge in [0.05, 0.1) is 6.10 Å². The second kappa shape index (κ2) is 7.22. The van der Waals surface area contributed by atoms with Gasteiger partial charge in [0.15, 0.2) is 5.82 Å². The summed E-state index contributed by atoms with van der Waals surface area (Å²) in [7, 11) is 0. The average molecular weight is 310 g/mol. The highest BCUT2D eigenvalue weighted by molar-refractivity contribution is 5.55. The van der Waals surface area contributed by atoms with Crippen LogP contribution in [0.3, 0.4) is 0 Å². The fourth-order valence-electron chi connectivity index (χ4n) is 3.45. The molecule has 1 aromatic carbocycles. The third-order valence-electron chi connectivity index (χ3n) is 4.89. The van der Waals surface area contributed by atoms with Gasteiger partial charge in [-0.2, -0.15) is 0 Å². The molecule has 0 saturated heterocycles. The maximum Gasteiger partial charge on any atom is 0.159 e. The Morgan fingerprint density at radius 3 is 2.22 bits per heavy atom. The maximum absolute atomic E-state index is 9.41. The molecule has 3 rings (SSSR count). The predicted octanol–water partition coefficient (Wildman–Crippen LogP) is 4.36. The van der Waals surface area contributed by atoms with E-state index in [2.05, 4.69) is 41.2 Å². The molecule has 0 spiro atoms. The monoisotopic (exact) mass is 310 g/mol. The number of aliphatic hydroxyl groups is 1. The van der Waals surface area contributed by atoms with Crippen LogP contribution in [0.2, 0.25) is 0 Å². The number of aromatic nitrogens is 2. The molecule has 3 heteroatoms. The molecule has 1 aromatic heterocycles. The van der Waals surface area contributed by atoms with Crippen molar-refractivity contribution in [3.05, 3.63) is 47.8 Å². The summed E-state index contributed by atoms with van der Waals surface area (Å²) in [5, 5.41) is 9.41. The fraction of sp³-hybridized carbons (Fsp3) is 0.500. The van der Waals surface area contributed by atoms with Crippen LogP contribution in [-0.2, 0) is 6.42 Å². The van der Waals surface area contributed by atoms with E-state index in [-0.39, 0.29) is 6.10 Å². The van der Waals surface area contributed by atoms with Gasteiger partial charge in [0.25, 0.3) is 0 Å². The number of benzene rings is 1. The third kappa shape index (κ3) is 4.17. The molecule has 0 aliphatic heterocycles. The van der Waals surface area contributed by atoms with Gasteiger partial charge >= 0.3 is 0 Å². The third-order valence-corrected chi connectivity index (χ3v) is 4.89. The van der Waals surface area contributed by atoms with E-state index in [0.717, 1.165) is 28.8 Å². The van der Waals surface area contributed by atoms with E-state index in [9.17, 15) is 5.11 Å². The molecule has 1 aliphatic rings. The molecule has 0 bridgehead atoms. The number of nitrogens with zero attached hydrogens (tertiary/aromatic N) is 2. The molecule has 122 valence electrons. The van der Waals surface area contributed by atoms with Crippen molar-refractivity contribution >= 4 is 0 Å². The summed E-state index contributed by atoms with van der Waals surface area (Å²) in [6, 6.07) is 8.75. The molecule has 23 heavy (non-hydrogen) atoms. The Hall–Kier alpha value is -1.74. The van der Waals surface area contributed by atoms with Gasteiger partial charge in [-0.15, -0.1) is 0 Å². The van der Waals surface area contributed by atoms with E-state index >= 15 is 0 Å². The largest absolute Gasteiger partial charge is 0.393 e. The molecular weight excluding hydrogens is 284 g/mol. The van der Waals surface area contributed by atoms with Crippen LogP contribution in [0.5, 0.6) is 0 Å². The quantitative estimate of drug-likeness (QED) is 0.912. The summed E-state index contributed by atoms with van der Waals surface area (Å²) < 4.78 is 0. The van der Waals surface area contributed by atoms with Gasteiger partial charge < -0.3 is 5.11 Å². The van der Waals surface area contributed by atoms with Crippen LogP contribution in [0.15, 0.2) is 36.7 Å². The molecule has 1 fully saturated rings.